The summed E-state index contributed by atoms with van der Waals surface area (Å²) in [6.07, 6.45) is 3.33. The molecule has 0 atom stereocenters. The molecule has 4 heterocycles. The molecule has 1 saturated heterocycles. The number of benzene rings is 1. The zero-order chi connectivity index (χ0) is 21.0. The number of fused-ring (bicyclic) bond motifs is 1. The zero-order valence-corrected chi connectivity index (χ0v) is 18.1. The Labute approximate surface area is 185 Å². The van der Waals surface area contributed by atoms with Gasteiger partial charge in [0.25, 0.3) is 0 Å². The molecule has 3 aromatic heterocycles. The first kappa shape index (κ1) is 20.1. The minimum atomic E-state index is -0.146. The molecule has 31 heavy (non-hydrogen) atoms. The maximum absolute atomic E-state index is 9.78. The van der Waals surface area contributed by atoms with E-state index in [-0.39, 0.29) is 6.10 Å². The van der Waals surface area contributed by atoms with Crippen molar-refractivity contribution in [3.63, 3.8) is 0 Å². The third-order valence-corrected chi connectivity index (χ3v) is 6.54. The van der Waals surface area contributed by atoms with Gasteiger partial charge in [0.2, 0.25) is 0 Å². The van der Waals surface area contributed by atoms with E-state index < -0.39 is 0 Å². The van der Waals surface area contributed by atoms with E-state index in [1.807, 2.05) is 23.6 Å². The molecule has 0 radical (unpaired) electrons. The third-order valence-electron chi connectivity index (χ3n) is 5.73. The molecule has 1 aliphatic heterocycles. The fourth-order valence-electron chi connectivity index (χ4n) is 3.98. The number of pyridine rings is 1. The van der Waals surface area contributed by atoms with Crippen LogP contribution in [-0.2, 0) is 13.1 Å². The van der Waals surface area contributed by atoms with Crippen LogP contribution in [0.4, 0.5) is 5.82 Å². The van der Waals surface area contributed by atoms with Crippen molar-refractivity contribution in [2.45, 2.75) is 32.0 Å². The summed E-state index contributed by atoms with van der Waals surface area (Å²) in [6, 6.07) is 16.4. The van der Waals surface area contributed by atoms with E-state index in [1.165, 1.54) is 11.1 Å². The number of piperidine rings is 1. The summed E-state index contributed by atoms with van der Waals surface area (Å²) in [5.74, 6) is 1.47. The van der Waals surface area contributed by atoms with Crippen molar-refractivity contribution in [1.82, 2.24) is 19.9 Å². The van der Waals surface area contributed by atoms with Crippen LogP contribution < -0.4 is 5.32 Å². The van der Waals surface area contributed by atoms with E-state index in [1.54, 1.807) is 17.5 Å². The van der Waals surface area contributed by atoms with E-state index in [0.29, 0.717) is 12.4 Å². The van der Waals surface area contributed by atoms with Crippen molar-refractivity contribution >= 4 is 27.4 Å². The van der Waals surface area contributed by atoms with E-state index in [2.05, 4.69) is 45.5 Å². The molecule has 0 saturated carbocycles. The molecule has 1 aromatic carbocycles. The predicted octanol–water partition coefficient (Wildman–Crippen LogP) is 4.32. The molecule has 0 amide bonds. The molecule has 158 valence electrons. The highest BCUT2D eigenvalue weighted by Gasteiger charge is 2.18. The lowest BCUT2D eigenvalue weighted by Gasteiger charge is -2.30. The summed E-state index contributed by atoms with van der Waals surface area (Å²) < 4.78 is 0. The van der Waals surface area contributed by atoms with Gasteiger partial charge in [0.05, 0.1) is 11.5 Å². The molecule has 2 N–H and O–H groups in total. The molecule has 7 heteroatoms. The molecule has 4 aromatic rings. The van der Waals surface area contributed by atoms with E-state index in [9.17, 15) is 5.11 Å². The van der Waals surface area contributed by atoms with E-state index in [0.717, 1.165) is 54.2 Å². The summed E-state index contributed by atoms with van der Waals surface area (Å²) in [5.41, 5.74) is 3.34. The molecule has 1 aliphatic rings. The zero-order valence-electron chi connectivity index (χ0n) is 17.2. The second-order valence-electron chi connectivity index (χ2n) is 7.88. The Balaban J connectivity index is 1.37. The molecule has 5 rings (SSSR count). The van der Waals surface area contributed by atoms with Crippen molar-refractivity contribution in [3.05, 3.63) is 71.2 Å². The highest BCUT2D eigenvalue weighted by molar-refractivity contribution is 7.16. The number of aliphatic hydroxyl groups is 1. The van der Waals surface area contributed by atoms with E-state index >= 15 is 0 Å². The summed E-state index contributed by atoms with van der Waals surface area (Å²) >= 11 is 1.61. The number of rotatable bonds is 6. The van der Waals surface area contributed by atoms with Gasteiger partial charge in [0.1, 0.15) is 16.3 Å². The lowest BCUT2D eigenvalue weighted by atomic mass is 10.0. The second-order valence-corrected chi connectivity index (χ2v) is 8.77. The second kappa shape index (κ2) is 9.09. The van der Waals surface area contributed by atoms with Crippen LogP contribution in [0.3, 0.4) is 0 Å². The number of thiophene rings is 1. The summed E-state index contributed by atoms with van der Waals surface area (Å²) in [4.78, 5) is 17.3. The van der Waals surface area contributed by atoms with E-state index in [4.69, 9.17) is 9.97 Å². The van der Waals surface area contributed by atoms with Crippen molar-refractivity contribution in [1.29, 1.82) is 0 Å². The van der Waals surface area contributed by atoms with Gasteiger partial charge in [0.15, 0.2) is 5.82 Å². The normalized spacial score (nSPS) is 15.4. The average Bonchev–Trinajstić information content (AvgIpc) is 3.29. The Morgan fingerprint density at radius 3 is 2.61 bits per heavy atom. The fourth-order valence-corrected chi connectivity index (χ4v) is 4.75. The molecular weight excluding hydrogens is 406 g/mol. The first-order valence-corrected chi connectivity index (χ1v) is 11.5. The van der Waals surface area contributed by atoms with Crippen LogP contribution in [0, 0.1) is 0 Å². The van der Waals surface area contributed by atoms with Crippen LogP contribution in [0.15, 0.2) is 60.1 Å². The standard InChI is InChI=1S/C24H25N5OS/c30-19-8-12-29(13-9-19)16-18-6-2-1-5-17(18)15-26-22-20-10-14-31-24(20)28-23(27-22)21-7-3-4-11-25-21/h1-7,10-11,14,19,30H,8-9,12-13,15-16H2,(H,26,27,28). The summed E-state index contributed by atoms with van der Waals surface area (Å²) in [5, 5.41) is 16.4. The fraction of sp³-hybridized carbons (Fsp3) is 0.292. The largest absolute Gasteiger partial charge is 0.393 e. The van der Waals surface area contributed by atoms with Crippen LogP contribution in [0.5, 0.6) is 0 Å². The van der Waals surface area contributed by atoms with Crippen molar-refractivity contribution in [2.24, 2.45) is 0 Å². The van der Waals surface area contributed by atoms with Crippen LogP contribution in [0.25, 0.3) is 21.7 Å². The minimum Gasteiger partial charge on any atom is -0.393 e. The number of nitrogens with zero attached hydrogens (tertiary/aromatic N) is 4. The van der Waals surface area contributed by atoms with Crippen LogP contribution in [0.2, 0.25) is 0 Å². The number of aromatic nitrogens is 3. The summed E-state index contributed by atoms with van der Waals surface area (Å²) in [7, 11) is 0. The van der Waals surface area contributed by atoms with Crippen LogP contribution in [-0.4, -0.2) is 44.2 Å². The SMILES string of the molecule is OC1CCN(Cc2ccccc2CNc2nc(-c3ccccn3)nc3sccc23)CC1. The molecular formula is C24H25N5OS. The molecule has 0 spiro atoms. The Kier molecular flexibility index (Phi) is 5.88. The Bertz CT molecular complexity index is 1160. The quantitative estimate of drug-likeness (QED) is 0.474. The average molecular weight is 432 g/mol. The number of hydrogen-bond donors (Lipinski definition) is 2. The molecule has 0 bridgehead atoms. The summed E-state index contributed by atoms with van der Waals surface area (Å²) in [6.45, 7) is 3.48. The van der Waals surface area contributed by atoms with Gasteiger partial charge in [-0.15, -0.1) is 11.3 Å². The van der Waals surface area contributed by atoms with Gasteiger partial charge in [-0.3, -0.25) is 9.88 Å². The first-order chi connectivity index (χ1) is 15.3. The van der Waals surface area contributed by atoms with Crippen LogP contribution >= 0.6 is 11.3 Å². The monoisotopic (exact) mass is 431 g/mol. The molecule has 0 unspecified atom stereocenters. The Morgan fingerprint density at radius 1 is 1.00 bits per heavy atom. The van der Waals surface area contributed by atoms with Gasteiger partial charge in [-0.05, 0) is 47.5 Å². The number of anilines is 1. The molecule has 6 nitrogen and oxygen atoms in total. The topological polar surface area (TPSA) is 74.2 Å². The van der Waals surface area contributed by atoms with Gasteiger partial charge in [0, 0.05) is 32.4 Å². The van der Waals surface area contributed by atoms with Gasteiger partial charge < -0.3 is 10.4 Å². The number of aliphatic hydroxyl groups excluding tert-OH is 1. The predicted molar refractivity (Wildman–Crippen MR) is 125 cm³/mol. The Hall–Kier alpha value is -2.87. The number of hydrogen-bond acceptors (Lipinski definition) is 7. The van der Waals surface area contributed by atoms with Crippen molar-refractivity contribution in [3.8, 4) is 11.5 Å². The van der Waals surface area contributed by atoms with Gasteiger partial charge in [-0.1, -0.05) is 30.3 Å². The van der Waals surface area contributed by atoms with Gasteiger partial charge in [-0.25, -0.2) is 9.97 Å². The maximum Gasteiger partial charge on any atom is 0.181 e. The van der Waals surface area contributed by atoms with Gasteiger partial charge >= 0.3 is 0 Å². The van der Waals surface area contributed by atoms with Crippen molar-refractivity contribution in [2.75, 3.05) is 18.4 Å². The highest BCUT2D eigenvalue weighted by Crippen LogP contribution is 2.28. The minimum absolute atomic E-state index is 0.146. The van der Waals surface area contributed by atoms with Crippen molar-refractivity contribution < 1.29 is 5.11 Å². The molecule has 0 aliphatic carbocycles. The highest BCUT2D eigenvalue weighted by atomic mass is 32.1. The number of likely N-dealkylation sites (tertiary alicyclic amines) is 1. The van der Waals surface area contributed by atoms with Gasteiger partial charge in [-0.2, -0.15) is 0 Å². The smallest absolute Gasteiger partial charge is 0.181 e. The maximum atomic E-state index is 9.78. The molecule has 1 fully saturated rings. The lowest BCUT2D eigenvalue weighted by molar-refractivity contribution is 0.0791. The van der Waals surface area contributed by atoms with Crippen LogP contribution in [0.1, 0.15) is 24.0 Å². The Morgan fingerprint density at radius 2 is 1.81 bits per heavy atom. The third kappa shape index (κ3) is 4.58. The first-order valence-electron chi connectivity index (χ1n) is 10.6. The number of nitrogens with one attached hydrogen (secondary N) is 1. The lowest BCUT2D eigenvalue weighted by Crippen LogP contribution is -2.35.